The second-order valence-corrected chi connectivity index (χ2v) is 5.90. The van der Waals surface area contributed by atoms with Crippen LogP contribution in [0, 0.1) is 6.92 Å². The number of carboxylic acid groups (broad SMARTS) is 1. The molecule has 6 heteroatoms. The van der Waals surface area contributed by atoms with Gasteiger partial charge in [-0.15, -0.1) is 0 Å². The summed E-state index contributed by atoms with van der Waals surface area (Å²) < 4.78 is 2.39. The number of hydrogen-bond acceptors (Lipinski definition) is 2. The minimum Gasteiger partial charge on any atom is -0.478 e. The maximum Gasteiger partial charge on any atom is 0.335 e. The van der Waals surface area contributed by atoms with Gasteiger partial charge in [-0.05, 0) is 53.0 Å². The van der Waals surface area contributed by atoms with Crippen molar-refractivity contribution in [1.29, 1.82) is 0 Å². The van der Waals surface area contributed by atoms with E-state index in [-0.39, 0.29) is 16.1 Å². The van der Waals surface area contributed by atoms with Crippen molar-refractivity contribution >= 4 is 33.5 Å². The molecule has 0 aliphatic rings. The van der Waals surface area contributed by atoms with E-state index >= 15 is 0 Å². The highest BCUT2D eigenvalue weighted by molar-refractivity contribution is 9.10. The van der Waals surface area contributed by atoms with Crippen LogP contribution in [0.25, 0.3) is 0 Å². The van der Waals surface area contributed by atoms with Gasteiger partial charge in [-0.3, -0.25) is 4.79 Å². The molecule has 1 heterocycles. The number of aryl methyl sites for hydroxylation is 1. The van der Waals surface area contributed by atoms with Crippen LogP contribution in [0.3, 0.4) is 0 Å². The first-order chi connectivity index (χ1) is 9.90. The van der Waals surface area contributed by atoms with E-state index in [4.69, 9.17) is 16.7 Å². The molecule has 0 atom stereocenters. The minimum atomic E-state index is -0.951. The Morgan fingerprint density at radius 1 is 1.33 bits per heavy atom. The molecule has 0 bridgehead atoms. The van der Waals surface area contributed by atoms with Crippen molar-refractivity contribution in [2.45, 2.75) is 19.9 Å². The quantitative estimate of drug-likeness (QED) is 0.896. The fourth-order valence-electron chi connectivity index (χ4n) is 2.01. The smallest absolute Gasteiger partial charge is 0.335 e. The van der Waals surface area contributed by atoms with E-state index in [2.05, 4.69) is 15.9 Å². The third-order valence-electron chi connectivity index (χ3n) is 3.28. The Balaban J connectivity index is 2.20. The summed E-state index contributed by atoms with van der Waals surface area (Å²) in [5.41, 5.74) is 1.80. The van der Waals surface area contributed by atoms with Crippen molar-refractivity contribution in [2.24, 2.45) is 0 Å². The van der Waals surface area contributed by atoms with E-state index in [9.17, 15) is 9.59 Å². The highest BCUT2D eigenvalue weighted by atomic mass is 79.9. The van der Waals surface area contributed by atoms with Gasteiger partial charge < -0.3 is 9.67 Å². The number of rotatable bonds is 4. The van der Waals surface area contributed by atoms with E-state index in [1.54, 1.807) is 34.9 Å². The molecule has 0 unspecified atom stereocenters. The monoisotopic (exact) mass is 369 g/mol. The molecule has 1 aromatic carbocycles. The minimum absolute atomic E-state index is 0.175. The lowest BCUT2D eigenvalue weighted by atomic mass is 10.1. The van der Waals surface area contributed by atoms with Gasteiger partial charge in [-0.1, -0.05) is 23.7 Å². The first kappa shape index (κ1) is 15.8. The van der Waals surface area contributed by atoms with Crippen molar-refractivity contribution in [3.63, 3.8) is 0 Å². The Morgan fingerprint density at radius 3 is 2.52 bits per heavy atom. The highest BCUT2D eigenvalue weighted by Crippen LogP contribution is 2.18. The maximum atomic E-state index is 12.0. The van der Waals surface area contributed by atoms with Gasteiger partial charge in [0.15, 0.2) is 0 Å². The van der Waals surface area contributed by atoms with Crippen LogP contribution >= 0.6 is 27.5 Å². The van der Waals surface area contributed by atoms with Crippen LogP contribution in [0.1, 0.15) is 21.6 Å². The number of hydrogen-bond donors (Lipinski definition) is 1. The second kappa shape index (κ2) is 6.45. The largest absolute Gasteiger partial charge is 0.478 e. The van der Waals surface area contributed by atoms with Crippen molar-refractivity contribution in [3.8, 4) is 0 Å². The topological polar surface area (TPSA) is 59.3 Å². The van der Waals surface area contributed by atoms with E-state index < -0.39 is 5.97 Å². The zero-order valence-corrected chi connectivity index (χ0v) is 13.6. The lowest BCUT2D eigenvalue weighted by molar-refractivity contribution is 0.0697. The molecular weight excluding hydrogens is 358 g/mol. The third-order valence-corrected chi connectivity index (χ3v) is 4.35. The summed E-state index contributed by atoms with van der Waals surface area (Å²) in [6.45, 7) is 2.32. The molecule has 0 saturated carbocycles. The van der Waals surface area contributed by atoms with Crippen LogP contribution in [0.15, 0.2) is 39.6 Å². The molecule has 0 saturated heterocycles. The fraction of sp³-hybridized carbons (Fsp3) is 0.200. The van der Waals surface area contributed by atoms with Crippen LogP contribution < -0.4 is 5.56 Å². The highest BCUT2D eigenvalue weighted by Gasteiger charge is 2.09. The van der Waals surface area contributed by atoms with Crippen LogP contribution in [0.2, 0.25) is 5.02 Å². The summed E-state index contributed by atoms with van der Waals surface area (Å²) in [7, 11) is 0. The lowest BCUT2D eigenvalue weighted by Gasteiger charge is -2.12. The lowest BCUT2D eigenvalue weighted by Crippen LogP contribution is -2.24. The Hall–Kier alpha value is -1.59. The number of aromatic carboxylic acids is 1. The number of benzene rings is 1. The van der Waals surface area contributed by atoms with Gasteiger partial charge in [-0.25, -0.2) is 4.79 Å². The van der Waals surface area contributed by atoms with Gasteiger partial charge in [-0.2, -0.15) is 0 Å². The molecule has 0 spiro atoms. The molecule has 2 rings (SSSR count). The predicted octanol–water partition coefficient (Wildman–Crippen LogP) is 3.51. The average Bonchev–Trinajstić information content (AvgIpc) is 2.45. The number of carbonyl (C=O) groups is 1. The number of aromatic nitrogens is 1. The maximum absolute atomic E-state index is 12.0. The van der Waals surface area contributed by atoms with Gasteiger partial charge in [0.1, 0.15) is 5.02 Å². The summed E-state index contributed by atoms with van der Waals surface area (Å²) in [6.07, 6.45) is 0.618. The van der Waals surface area contributed by atoms with Gasteiger partial charge in [0, 0.05) is 16.7 Å². The van der Waals surface area contributed by atoms with Gasteiger partial charge >= 0.3 is 5.97 Å². The van der Waals surface area contributed by atoms with Crippen molar-refractivity contribution in [1.82, 2.24) is 4.57 Å². The third kappa shape index (κ3) is 3.54. The number of halogens is 2. The van der Waals surface area contributed by atoms with Crippen LogP contribution in [0.4, 0.5) is 0 Å². The molecule has 1 N–H and O–H groups in total. The molecule has 110 valence electrons. The van der Waals surface area contributed by atoms with E-state index in [0.29, 0.717) is 13.0 Å². The first-order valence-electron chi connectivity index (χ1n) is 6.28. The molecule has 0 aliphatic heterocycles. The van der Waals surface area contributed by atoms with E-state index in [0.717, 1.165) is 15.7 Å². The Bertz CT molecular complexity index is 738. The molecule has 4 nitrogen and oxygen atoms in total. The molecule has 0 aliphatic carbocycles. The van der Waals surface area contributed by atoms with Crippen molar-refractivity contribution in [3.05, 3.63) is 67.0 Å². The molecule has 1 aromatic heterocycles. The zero-order chi connectivity index (χ0) is 15.6. The molecular formula is C15H13BrClNO3. The first-order valence-corrected chi connectivity index (χ1v) is 7.45. The summed E-state index contributed by atoms with van der Waals surface area (Å²) in [5.74, 6) is -0.951. The zero-order valence-electron chi connectivity index (χ0n) is 11.3. The van der Waals surface area contributed by atoms with E-state index in [1.807, 2.05) is 6.92 Å². The van der Waals surface area contributed by atoms with Gasteiger partial charge in [0.25, 0.3) is 5.56 Å². The summed E-state index contributed by atoms with van der Waals surface area (Å²) in [4.78, 5) is 22.8. The van der Waals surface area contributed by atoms with E-state index in [1.165, 1.54) is 0 Å². The second-order valence-electron chi connectivity index (χ2n) is 4.63. The summed E-state index contributed by atoms with van der Waals surface area (Å²) >= 11 is 9.27. The molecule has 21 heavy (non-hydrogen) atoms. The fourth-order valence-corrected chi connectivity index (χ4v) is 2.80. The normalized spacial score (nSPS) is 10.6. The van der Waals surface area contributed by atoms with Crippen molar-refractivity contribution < 1.29 is 9.90 Å². The Kier molecular flexibility index (Phi) is 4.85. The molecule has 0 fully saturated rings. The number of carboxylic acids is 1. The molecule has 0 amide bonds. The molecule has 2 aromatic rings. The molecule has 0 radical (unpaired) electrons. The van der Waals surface area contributed by atoms with Gasteiger partial charge in [0.2, 0.25) is 0 Å². The van der Waals surface area contributed by atoms with Crippen LogP contribution in [-0.2, 0) is 13.0 Å². The predicted molar refractivity (Wildman–Crippen MR) is 85.3 cm³/mol. The van der Waals surface area contributed by atoms with Crippen molar-refractivity contribution in [2.75, 3.05) is 0 Å². The number of nitrogens with zero attached hydrogens (tertiary/aromatic N) is 1. The summed E-state index contributed by atoms with van der Waals surface area (Å²) in [5, 5.41) is 9.03. The Morgan fingerprint density at radius 2 is 1.95 bits per heavy atom. The van der Waals surface area contributed by atoms with Crippen LogP contribution in [-0.4, -0.2) is 15.6 Å². The summed E-state index contributed by atoms with van der Waals surface area (Å²) in [6, 6.07) is 8.21. The standard InChI is InChI=1S/C15H13BrClNO3/c1-9-12(16)8-13(17)14(19)18(9)7-6-10-2-4-11(5-3-10)15(20)21/h2-5,8H,6-7H2,1H3,(H,20,21). The Labute approximate surface area is 135 Å². The average molecular weight is 371 g/mol. The SMILES string of the molecule is Cc1c(Br)cc(Cl)c(=O)n1CCc1ccc(C(=O)O)cc1. The van der Waals surface area contributed by atoms with Gasteiger partial charge in [0.05, 0.1) is 5.56 Å². The number of pyridine rings is 1. The van der Waals surface area contributed by atoms with Crippen LogP contribution in [0.5, 0.6) is 0 Å².